The molecule has 1 heterocycles. The van der Waals surface area contributed by atoms with Gasteiger partial charge in [-0.2, -0.15) is 5.26 Å². The lowest BCUT2D eigenvalue weighted by molar-refractivity contribution is -0.133. The summed E-state index contributed by atoms with van der Waals surface area (Å²) in [7, 11) is 0. The number of fused-ring (bicyclic) bond motifs is 3. The van der Waals surface area contributed by atoms with E-state index in [2.05, 4.69) is 52.9 Å². The number of amides is 1. The molecule has 0 radical (unpaired) electrons. The van der Waals surface area contributed by atoms with Gasteiger partial charge in [0.15, 0.2) is 11.6 Å². The molecular formula is C38H57N3O3. The minimum atomic E-state index is -0.654. The molecule has 1 aliphatic heterocycles. The summed E-state index contributed by atoms with van der Waals surface area (Å²) in [6.45, 7) is 21.4. The Bertz CT molecular complexity index is 1310. The molecule has 5 rings (SSSR count). The Labute approximate surface area is 266 Å². The molecule has 6 heteroatoms. The van der Waals surface area contributed by atoms with Gasteiger partial charge in [0.1, 0.15) is 6.07 Å². The van der Waals surface area contributed by atoms with E-state index in [0.717, 1.165) is 76.7 Å². The fourth-order valence-electron chi connectivity index (χ4n) is 10.8. The molecule has 1 amide bonds. The van der Waals surface area contributed by atoms with Crippen LogP contribution in [0.1, 0.15) is 120 Å². The fourth-order valence-corrected chi connectivity index (χ4v) is 10.8. The second-order valence-corrected chi connectivity index (χ2v) is 17.5. The molecule has 0 aromatic heterocycles. The number of piperazine rings is 1. The summed E-state index contributed by atoms with van der Waals surface area (Å²) in [6, 6.07) is 2.20. The van der Waals surface area contributed by atoms with Gasteiger partial charge >= 0.3 is 0 Å². The highest BCUT2D eigenvalue weighted by atomic mass is 16.2. The van der Waals surface area contributed by atoms with E-state index in [1.807, 2.05) is 30.9 Å². The number of nitrogens with one attached hydrogen (secondary N) is 1. The molecule has 0 aromatic carbocycles. The van der Waals surface area contributed by atoms with E-state index in [-0.39, 0.29) is 39.3 Å². The van der Waals surface area contributed by atoms with Gasteiger partial charge in [0.2, 0.25) is 5.91 Å². The molecule has 44 heavy (non-hydrogen) atoms. The summed E-state index contributed by atoms with van der Waals surface area (Å²) >= 11 is 0. The molecule has 0 spiro atoms. The molecule has 1 N–H and O–H groups in total. The van der Waals surface area contributed by atoms with Crippen molar-refractivity contribution in [3.63, 3.8) is 0 Å². The fraction of sp³-hybridized carbons (Fsp3) is 0.789. The predicted molar refractivity (Wildman–Crippen MR) is 174 cm³/mol. The summed E-state index contributed by atoms with van der Waals surface area (Å²) in [5.41, 5.74) is 0.143. The second-order valence-electron chi connectivity index (χ2n) is 17.5. The van der Waals surface area contributed by atoms with Gasteiger partial charge in [-0.3, -0.25) is 14.4 Å². The van der Waals surface area contributed by atoms with Gasteiger partial charge in [0, 0.05) is 49.9 Å². The van der Waals surface area contributed by atoms with Crippen LogP contribution >= 0.6 is 0 Å². The summed E-state index contributed by atoms with van der Waals surface area (Å²) in [5.74, 6) is 0.955. The molecule has 2 saturated carbocycles. The van der Waals surface area contributed by atoms with Crippen LogP contribution in [0.3, 0.4) is 0 Å². The number of Topliss-reactive ketones (excluding diaryl/α,β-unsaturated/α-hetero) is 1. The lowest BCUT2D eigenvalue weighted by Gasteiger charge is -2.63. The van der Waals surface area contributed by atoms with Crippen molar-refractivity contribution in [3.05, 3.63) is 23.3 Å². The third kappa shape index (κ3) is 5.33. The Balaban J connectivity index is 1.45. The lowest BCUT2D eigenvalue weighted by Crippen LogP contribution is -2.58. The van der Waals surface area contributed by atoms with E-state index in [0.29, 0.717) is 30.1 Å². The van der Waals surface area contributed by atoms with Crippen LogP contribution in [0.25, 0.3) is 0 Å². The lowest BCUT2D eigenvalue weighted by atomic mass is 9.40. The normalized spacial score (nSPS) is 39.8. The third-order valence-corrected chi connectivity index (χ3v) is 14.0. The average molecular weight is 604 g/mol. The molecule has 5 aliphatic rings. The van der Waals surface area contributed by atoms with Crippen molar-refractivity contribution in [1.29, 1.82) is 5.26 Å². The molecule has 1 saturated heterocycles. The van der Waals surface area contributed by atoms with Gasteiger partial charge in [-0.15, -0.1) is 0 Å². The zero-order valence-corrected chi connectivity index (χ0v) is 28.8. The predicted octanol–water partition coefficient (Wildman–Crippen LogP) is 7.20. The van der Waals surface area contributed by atoms with E-state index >= 15 is 0 Å². The molecule has 1 unspecified atom stereocenters. The van der Waals surface area contributed by atoms with Crippen LogP contribution in [0.15, 0.2) is 23.3 Å². The Morgan fingerprint density at radius 3 is 2.32 bits per heavy atom. The van der Waals surface area contributed by atoms with Crippen molar-refractivity contribution in [2.75, 3.05) is 26.2 Å². The maximum Gasteiger partial charge on any atom is 0.222 e. The molecule has 6 nitrogen and oxygen atoms in total. The summed E-state index contributed by atoms with van der Waals surface area (Å²) in [6.07, 6.45) is 13.1. The smallest absolute Gasteiger partial charge is 0.222 e. The van der Waals surface area contributed by atoms with Crippen LogP contribution in [0.4, 0.5) is 0 Å². The summed E-state index contributed by atoms with van der Waals surface area (Å²) in [4.78, 5) is 42.4. The number of ketones is 2. The quantitative estimate of drug-likeness (QED) is 0.347. The van der Waals surface area contributed by atoms with Gasteiger partial charge in [0.25, 0.3) is 0 Å². The minimum Gasteiger partial charge on any atom is -0.340 e. The van der Waals surface area contributed by atoms with E-state index in [1.165, 1.54) is 6.42 Å². The maximum atomic E-state index is 13.7. The van der Waals surface area contributed by atoms with Crippen LogP contribution in [0.2, 0.25) is 0 Å². The van der Waals surface area contributed by atoms with E-state index in [1.54, 1.807) is 0 Å². The Morgan fingerprint density at radius 2 is 1.68 bits per heavy atom. The number of carbonyl (C=O) groups is 3. The van der Waals surface area contributed by atoms with Crippen molar-refractivity contribution in [2.45, 2.75) is 120 Å². The first kappa shape index (κ1) is 33.1. The van der Waals surface area contributed by atoms with Gasteiger partial charge in [-0.05, 0) is 90.9 Å². The van der Waals surface area contributed by atoms with Crippen LogP contribution in [-0.2, 0) is 14.4 Å². The van der Waals surface area contributed by atoms with E-state index in [9.17, 15) is 19.6 Å². The number of hydrogen-bond donors (Lipinski definition) is 1. The molecule has 0 bridgehead atoms. The molecular weight excluding hydrogens is 546 g/mol. The van der Waals surface area contributed by atoms with Crippen molar-refractivity contribution < 1.29 is 14.4 Å². The van der Waals surface area contributed by atoms with Crippen molar-refractivity contribution >= 4 is 17.5 Å². The highest BCUT2D eigenvalue weighted by molar-refractivity contribution is 6.04. The maximum absolute atomic E-state index is 13.7. The first-order chi connectivity index (χ1) is 20.4. The number of nitriles is 1. The third-order valence-electron chi connectivity index (χ3n) is 14.0. The Morgan fingerprint density at radius 1 is 1.00 bits per heavy atom. The van der Waals surface area contributed by atoms with Gasteiger partial charge in [-0.1, -0.05) is 67.0 Å². The topological polar surface area (TPSA) is 90.3 Å². The molecule has 6 atom stereocenters. The summed E-state index contributed by atoms with van der Waals surface area (Å²) in [5, 5.41) is 13.3. The first-order valence-electron chi connectivity index (χ1n) is 17.3. The zero-order valence-electron chi connectivity index (χ0n) is 28.8. The minimum absolute atomic E-state index is 0.0528. The summed E-state index contributed by atoms with van der Waals surface area (Å²) < 4.78 is 0. The van der Waals surface area contributed by atoms with Gasteiger partial charge < -0.3 is 10.2 Å². The first-order valence-corrected chi connectivity index (χ1v) is 17.3. The second kappa shape index (κ2) is 11.2. The van der Waals surface area contributed by atoms with Crippen LogP contribution in [0, 0.1) is 55.7 Å². The van der Waals surface area contributed by atoms with Crippen LogP contribution < -0.4 is 5.32 Å². The molecule has 4 aliphatic carbocycles. The van der Waals surface area contributed by atoms with E-state index < -0.39 is 10.8 Å². The van der Waals surface area contributed by atoms with Crippen LogP contribution in [0.5, 0.6) is 0 Å². The number of allylic oxidation sites excluding steroid dienone is 4. The number of nitrogens with zero attached hydrogens (tertiary/aromatic N) is 2. The highest BCUT2D eigenvalue weighted by Gasteiger charge is 2.63. The number of carbonyl (C=O) groups excluding carboxylic acids is 3. The zero-order chi connectivity index (χ0) is 32.3. The molecule has 3 fully saturated rings. The van der Waals surface area contributed by atoms with Crippen molar-refractivity contribution in [3.8, 4) is 6.07 Å². The van der Waals surface area contributed by atoms with Crippen molar-refractivity contribution in [1.82, 2.24) is 10.2 Å². The SMILES string of the molecule is CC1CC(C)(C)CC[C@]1(CCC(=O)N1CCNCC1)CC[C@]1(C)CC(=O)C=C2[C@@]3(C)C=C(C#N)C(=O)C(C)(C)[C@@H]3CC[C@]21C. The van der Waals surface area contributed by atoms with Crippen LogP contribution in [-0.4, -0.2) is 48.6 Å². The largest absolute Gasteiger partial charge is 0.340 e. The van der Waals surface area contributed by atoms with Crippen molar-refractivity contribution in [2.24, 2.45) is 44.3 Å². The Kier molecular flexibility index (Phi) is 8.44. The molecule has 0 aromatic rings. The monoisotopic (exact) mass is 603 g/mol. The van der Waals surface area contributed by atoms with Gasteiger partial charge in [-0.25, -0.2) is 0 Å². The number of hydrogen-bond acceptors (Lipinski definition) is 5. The van der Waals surface area contributed by atoms with Gasteiger partial charge in [0.05, 0.1) is 5.57 Å². The highest BCUT2D eigenvalue weighted by Crippen LogP contribution is 2.69. The Hall–Kier alpha value is -2.26. The van der Waals surface area contributed by atoms with E-state index in [4.69, 9.17) is 0 Å². The average Bonchev–Trinajstić information content (AvgIpc) is 2.96. The number of rotatable bonds is 6. The standard InChI is InChI=1S/C38H57N3O3/c1-26-22-33(2,3)13-15-38(26,12-10-31(43)41-19-17-40-18-20-41)16-14-35(6)24-28(42)21-30-36(7)23-27(25-39)32(44)34(4,5)29(36)9-11-37(30,35)8/h21,23,26,29,40H,9-20,22,24H2,1-8H3/t26?,29-,35+,36-,37+,38+/m0/s1. The molecule has 242 valence electrons.